The molecule has 0 bridgehead atoms. The third kappa shape index (κ3) is 6.24. The molecule has 1 aliphatic carbocycles. The SMILES string of the molecule is CN=C(NCCNC(=O)c1ccc(C(F)(F)F)cc1)NC1CCCCC1. The molecule has 0 aromatic heterocycles. The van der Waals surface area contributed by atoms with Gasteiger partial charge in [-0.1, -0.05) is 19.3 Å². The van der Waals surface area contributed by atoms with Crippen LogP contribution in [-0.2, 0) is 6.18 Å². The van der Waals surface area contributed by atoms with Gasteiger partial charge in [0.25, 0.3) is 5.91 Å². The molecule has 0 aliphatic heterocycles. The van der Waals surface area contributed by atoms with E-state index in [-0.39, 0.29) is 5.56 Å². The van der Waals surface area contributed by atoms with Crippen molar-refractivity contribution in [3.8, 4) is 0 Å². The number of alkyl halides is 3. The molecule has 0 heterocycles. The lowest BCUT2D eigenvalue weighted by molar-refractivity contribution is -0.137. The first-order valence-corrected chi connectivity index (χ1v) is 8.83. The van der Waals surface area contributed by atoms with Gasteiger partial charge in [-0.2, -0.15) is 13.2 Å². The Labute approximate surface area is 151 Å². The van der Waals surface area contributed by atoms with Crippen molar-refractivity contribution in [1.29, 1.82) is 0 Å². The van der Waals surface area contributed by atoms with Crippen LogP contribution < -0.4 is 16.0 Å². The first kappa shape index (κ1) is 20.1. The molecule has 0 saturated heterocycles. The van der Waals surface area contributed by atoms with Crippen molar-refractivity contribution in [3.05, 3.63) is 35.4 Å². The number of hydrogen-bond donors (Lipinski definition) is 3. The lowest BCUT2D eigenvalue weighted by Gasteiger charge is -2.24. The molecular formula is C18H25F3N4O. The van der Waals surface area contributed by atoms with Gasteiger partial charge in [0.1, 0.15) is 0 Å². The van der Waals surface area contributed by atoms with E-state index in [1.165, 1.54) is 31.4 Å². The summed E-state index contributed by atoms with van der Waals surface area (Å²) < 4.78 is 37.6. The zero-order valence-corrected chi connectivity index (χ0v) is 14.8. The normalized spacial score (nSPS) is 16.2. The van der Waals surface area contributed by atoms with Gasteiger partial charge < -0.3 is 16.0 Å². The third-order valence-electron chi connectivity index (χ3n) is 4.35. The fraction of sp³-hybridized carbons (Fsp3) is 0.556. The molecule has 144 valence electrons. The van der Waals surface area contributed by atoms with Gasteiger partial charge in [0.15, 0.2) is 5.96 Å². The van der Waals surface area contributed by atoms with Crippen LogP contribution in [0.2, 0.25) is 0 Å². The van der Waals surface area contributed by atoms with Crippen LogP contribution in [0.3, 0.4) is 0 Å². The molecule has 1 amide bonds. The van der Waals surface area contributed by atoms with Crippen molar-refractivity contribution >= 4 is 11.9 Å². The Morgan fingerprint density at radius 2 is 1.69 bits per heavy atom. The molecule has 0 spiro atoms. The fourth-order valence-electron chi connectivity index (χ4n) is 2.90. The van der Waals surface area contributed by atoms with E-state index in [9.17, 15) is 18.0 Å². The number of nitrogens with one attached hydrogen (secondary N) is 3. The Kier molecular flexibility index (Phi) is 7.29. The number of carbonyl (C=O) groups excluding carboxylic acids is 1. The predicted molar refractivity (Wildman–Crippen MR) is 95.1 cm³/mol. The van der Waals surface area contributed by atoms with E-state index < -0.39 is 17.6 Å². The Balaban J connectivity index is 1.72. The summed E-state index contributed by atoms with van der Waals surface area (Å²) in [5, 5.41) is 9.17. The molecule has 0 atom stereocenters. The average molecular weight is 370 g/mol. The maximum Gasteiger partial charge on any atom is 0.416 e. The summed E-state index contributed by atoms with van der Waals surface area (Å²) >= 11 is 0. The Bertz CT molecular complexity index is 608. The molecule has 1 saturated carbocycles. The quantitative estimate of drug-likeness (QED) is 0.424. The van der Waals surface area contributed by atoms with Crippen LogP contribution >= 0.6 is 0 Å². The molecule has 2 rings (SSSR count). The van der Waals surface area contributed by atoms with E-state index in [0.717, 1.165) is 25.0 Å². The van der Waals surface area contributed by atoms with Crippen molar-refractivity contribution in [3.63, 3.8) is 0 Å². The van der Waals surface area contributed by atoms with E-state index in [0.29, 0.717) is 25.1 Å². The number of carbonyl (C=O) groups is 1. The highest BCUT2D eigenvalue weighted by molar-refractivity contribution is 5.94. The second-order valence-corrected chi connectivity index (χ2v) is 6.31. The second kappa shape index (κ2) is 9.45. The topological polar surface area (TPSA) is 65.5 Å². The van der Waals surface area contributed by atoms with Gasteiger partial charge in [-0.3, -0.25) is 9.79 Å². The number of guanidine groups is 1. The van der Waals surface area contributed by atoms with Crippen molar-refractivity contribution in [2.75, 3.05) is 20.1 Å². The predicted octanol–water partition coefficient (Wildman–Crippen LogP) is 2.93. The number of benzene rings is 1. The highest BCUT2D eigenvalue weighted by Crippen LogP contribution is 2.29. The van der Waals surface area contributed by atoms with Crippen molar-refractivity contribution in [2.45, 2.75) is 44.3 Å². The highest BCUT2D eigenvalue weighted by atomic mass is 19.4. The lowest BCUT2D eigenvalue weighted by Crippen LogP contribution is -2.46. The Morgan fingerprint density at radius 3 is 2.27 bits per heavy atom. The van der Waals surface area contributed by atoms with Crippen molar-refractivity contribution < 1.29 is 18.0 Å². The van der Waals surface area contributed by atoms with Crippen LogP contribution in [0, 0.1) is 0 Å². The molecule has 1 aromatic rings. The van der Waals surface area contributed by atoms with Gasteiger partial charge in [0, 0.05) is 31.7 Å². The van der Waals surface area contributed by atoms with Crippen molar-refractivity contribution in [2.24, 2.45) is 4.99 Å². The van der Waals surface area contributed by atoms with Gasteiger partial charge >= 0.3 is 6.18 Å². The van der Waals surface area contributed by atoms with Crippen LogP contribution in [0.5, 0.6) is 0 Å². The summed E-state index contributed by atoms with van der Waals surface area (Å²) in [6.45, 7) is 0.810. The first-order valence-electron chi connectivity index (χ1n) is 8.83. The molecule has 0 radical (unpaired) electrons. The van der Waals surface area contributed by atoms with Gasteiger partial charge in [-0.15, -0.1) is 0 Å². The zero-order valence-electron chi connectivity index (χ0n) is 14.8. The number of aliphatic imine (C=N–C) groups is 1. The molecule has 1 aliphatic rings. The number of rotatable bonds is 5. The van der Waals surface area contributed by atoms with Gasteiger partial charge in [0.2, 0.25) is 0 Å². The summed E-state index contributed by atoms with van der Waals surface area (Å²) in [6.07, 6.45) is 1.58. The largest absolute Gasteiger partial charge is 0.416 e. The summed E-state index contributed by atoms with van der Waals surface area (Å²) in [5.74, 6) is 0.288. The van der Waals surface area contributed by atoms with Crippen LogP contribution in [0.15, 0.2) is 29.3 Å². The summed E-state index contributed by atoms with van der Waals surface area (Å²) in [4.78, 5) is 16.1. The van der Waals surface area contributed by atoms with Crippen molar-refractivity contribution in [1.82, 2.24) is 16.0 Å². The molecular weight excluding hydrogens is 345 g/mol. The third-order valence-corrected chi connectivity index (χ3v) is 4.35. The summed E-state index contributed by atoms with van der Waals surface area (Å²) in [6, 6.07) is 4.59. The second-order valence-electron chi connectivity index (χ2n) is 6.31. The van der Waals surface area contributed by atoms with Gasteiger partial charge in [-0.05, 0) is 37.1 Å². The van der Waals surface area contributed by atoms with Crippen LogP contribution in [0.4, 0.5) is 13.2 Å². The first-order chi connectivity index (χ1) is 12.4. The smallest absolute Gasteiger partial charge is 0.355 e. The number of nitrogens with zero attached hydrogens (tertiary/aromatic N) is 1. The minimum Gasteiger partial charge on any atom is -0.355 e. The molecule has 0 unspecified atom stereocenters. The zero-order chi connectivity index (χ0) is 19.0. The number of halogens is 3. The minimum absolute atomic E-state index is 0.197. The molecule has 3 N–H and O–H groups in total. The van der Waals surface area contributed by atoms with Gasteiger partial charge in [-0.25, -0.2) is 0 Å². The maximum absolute atomic E-state index is 12.5. The lowest BCUT2D eigenvalue weighted by atomic mass is 9.96. The Hall–Kier alpha value is -2.25. The summed E-state index contributed by atoms with van der Waals surface area (Å²) in [5.41, 5.74) is -0.573. The van der Waals surface area contributed by atoms with E-state index in [1.54, 1.807) is 7.05 Å². The molecule has 26 heavy (non-hydrogen) atoms. The Morgan fingerprint density at radius 1 is 1.08 bits per heavy atom. The van der Waals surface area contributed by atoms with Crippen LogP contribution in [-0.4, -0.2) is 38.0 Å². The van der Waals surface area contributed by atoms with E-state index in [1.807, 2.05) is 0 Å². The molecule has 1 aromatic carbocycles. The molecule has 8 heteroatoms. The maximum atomic E-state index is 12.5. The number of amides is 1. The van der Waals surface area contributed by atoms with Gasteiger partial charge in [0.05, 0.1) is 5.56 Å². The average Bonchev–Trinajstić information content (AvgIpc) is 2.64. The minimum atomic E-state index is -4.40. The van der Waals surface area contributed by atoms with E-state index in [4.69, 9.17) is 0 Å². The number of hydrogen-bond acceptors (Lipinski definition) is 2. The molecule has 5 nitrogen and oxygen atoms in total. The highest BCUT2D eigenvalue weighted by Gasteiger charge is 2.30. The summed E-state index contributed by atoms with van der Waals surface area (Å²) in [7, 11) is 1.69. The monoisotopic (exact) mass is 370 g/mol. The molecule has 1 fully saturated rings. The van der Waals surface area contributed by atoms with E-state index in [2.05, 4.69) is 20.9 Å². The van der Waals surface area contributed by atoms with Crippen LogP contribution in [0.1, 0.15) is 48.0 Å². The standard InChI is InChI=1S/C18H25F3N4O/c1-22-17(25-15-5-3-2-4-6-15)24-12-11-23-16(26)13-7-9-14(10-8-13)18(19,20)21/h7-10,15H,2-6,11-12H2,1H3,(H,23,26)(H2,22,24,25). The fourth-order valence-corrected chi connectivity index (χ4v) is 2.90. The van der Waals surface area contributed by atoms with E-state index >= 15 is 0 Å². The van der Waals surface area contributed by atoms with Crippen LogP contribution in [0.25, 0.3) is 0 Å².